The third-order valence-electron chi connectivity index (χ3n) is 3.59. The van der Waals surface area contributed by atoms with Gasteiger partial charge in [0.2, 0.25) is 11.8 Å². The lowest BCUT2D eigenvalue weighted by Crippen LogP contribution is -2.54. The average molecular weight is 300 g/mol. The molecule has 1 fully saturated rings. The molecule has 2 aliphatic rings. The molecule has 1 saturated heterocycles. The van der Waals surface area contributed by atoms with E-state index in [9.17, 15) is 18.0 Å². The summed E-state index contributed by atoms with van der Waals surface area (Å²) in [5.74, 6) is -0.482. The molecule has 6 nitrogen and oxygen atoms in total. The Morgan fingerprint density at radius 2 is 1.95 bits per heavy atom. The molecular weight excluding hydrogens is 280 g/mol. The van der Waals surface area contributed by atoms with Gasteiger partial charge in [-0.3, -0.25) is 9.59 Å². The molecule has 0 aromatic heterocycles. The van der Waals surface area contributed by atoms with Crippen molar-refractivity contribution >= 4 is 21.7 Å². The second-order valence-corrected chi connectivity index (χ2v) is 8.30. The second-order valence-electron chi connectivity index (χ2n) is 6.37. The van der Waals surface area contributed by atoms with E-state index in [1.807, 2.05) is 20.8 Å². The molecular formula is C13H20N2O4S. The predicted molar refractivity (Wildman–Crippen MR) is 74.4 cm³/mol. The van der Waals surface area contributed by atoms with Gasteiger partial charge >= 0.3 is 0 Å². The summed E-state index contributed by atoms with van der Waals surface area (Å²) in [5.41, 5.74) is -0.420. The van der Waals surface area contributed by atoms with Crippen molar-refractivity contribution in [2.24, 2.45) is 5.41 Å². The molecule has 0 bridgehead atoms. The fourth-order valence-corrected chi connectivity index (χ4v) is 3.76. The van der Waals surface area contributed by atoms with Gasteiger partial charge < -0.3 is 10.2 Å². The monoisotopic (exact) mass is 300 g/mol. The summed E-state index contributed by atoms with van der Waals surface area (Å²) in [6.07, 6.45) is 1.73. The first-order valence-electron chi connectivity index (χ1n) is 6.61. The largest absolute Gasteiger partial charge is 0.344 e. The van der Waals surface area contributed by atoms with Crippen LogP contribution >= 0.6 is 0 Å². The smallest absolute Gasteiger partial charge is 0.246 e. The topological polar surface area (TPSA) is 83.6 Å². The minimum Gasteiger partial charge on any atom is -0.344 e. The zero-order valence-corrected chi connectivity index (χ0v) is 12.7. The van der Waals surface area contributed by atoms with Gasteiger partial charge in [0.1, 0.15) is 6.04 Å². The molecule has 0 aliphatic carbocycles. The van der Waals surface area contributed by atoms with Crippen LogP contribution in [-0.4, -0.2) is 49.5 Å². The van der Waals surface area contributed by atoms with Crippen molar-refractivity contribution in [3.8, 4) is 0 Å². The van der Waals surface area contributed by atoms with Gasteiger partial charge in [0.25, 0.3) is 0 Å². The number of hydrogen-bond acceptors (Lipinski definition) is 4. The summed E-state index contributed by atoms with van der Waals surface area (Å²) in [7, 11) is -3.23. The van der Waals surface area contributed by atoms with Crippen LogP contribution in [0.3, 0.4) is 0 Å². The molecule has 20 heavy (non-hydrogen) atoms. The molecule has 0 spiro atoms. The van der Waals surface area contributed by atoms with Crippen LogP contribution in [-0.2, 0) is 19.4 Å². The minimum atomic E-state index is -3.23. The standard InChI is InChI=1S/C13H20N2O4S/c1-13(2,3)11-12(17)15(6-4-10(16)14-11)9-5-7-20(18,19)8-9/h5,7,9,11H,4,6,8H2,1-3H3,(H,14,16). The van der Waals surface area contributed by atoms with Gasteiger partial charge in [-0.2, -0.15) is 0 Å². The third-order valence-corrected chi connectivity index (χ3v) is 4.97. The molecule has 0 saturated carbocycles. The third kappa shape index (κ3) is 3.03. The van der Waals surface area contributed by atoms with E-state index >= 15 is 0 Å². The zero-order chi connectivity index (χ0) is 15.1. The van der Waals surface area contributed by atoms with E-state index < -0.39 is 27.3 Å². The highest BCUT2D eigenvalue weighted by molar-refractivity contribution is 7.94. The van der Waals surface area contributed by atoms with E-state index in [4.69, 9.17) is 0 Å². The molecule has 2 aliphatic heterocycles. The Bertz CT molecular complexity index is 559. The average Bonchev–Trinajstić information content (AvgIpc) is 2.56. The summed E-state index contributed by atoms with van der Waals surface area (Å²) >= 11 is 0. The highest BCUT2D eigenvalue weighted by atomic mass is 32.2. The van der Waals surface area contributed by atoms with E-state index in [1.165, 1.54) is 11.0 Å². The first-order valence-corrected chi connectivity index (χ1v) is 8.32. The van der Waals surface area contributed by atoms with E-state index in [-0.39, 0.29) is 30.5 Å². The normalized spacial score (nSPS) is 30.2. The minimum absolute atomic E-state index is 0.0935. The van der Waals surface area contributed by atoms with Crippen molar-refractivity contribution in [3.63, 3.8) is 0 Å². The number of nitrogens with zero attached hydrogens (tertiary/aromatic N) is 1. The van der Waals surface area contributed by atoms with Crippen LogP contribution in [0.2, 0.25) is 0 Å². The Kier molecular flexibility index (Phi) is 3.66. The first-order chi connectivity index (χ1) is 9.10. The lowest BCUT2D eigenvalue weighted by Gasteiger charge is -2.34. The fourth-order valence-electron chi connectivity index (χ4n) is 2.46. The number of rotatable bonds is 1. The molecule has 1 N–H and O–H groups in total. The van der Waals surface area contributed by atoms with Gasteiger partial charge in [-0.25, -0.2) is 8.42 Å². The maximum Gasteiger partial charge on any atom is 0.246 e. The van der Waals surface area contributed by atoms with E-state index in [2.05, 4.69) is 5.32 Å². The fraction of sp³-hybridized carbons (Fsp3) is 0.692. The van der Waals surface area contributed by atoms with E-state index in [1.54, 1.807) is 0 Å². The maximum absolute atomic E-state index is 12.6. The van der Waals surface area contributed by atoms with Crippen molar-refractivity contribution in [1.82, 2.24) is 10.2 Å². The molecule has 7 heteroatoms. The molecule has 2 atom stereocenters. The summed E-state index contributed by atoms with van der Waals surface area (Å²) in [4.78, 5) is 25.9. The number of amides is 2. The van der Waals surface area contributed by atoms with Crippen LogP contribution < -0.4 is 5.32 Å². The van der Waals surface area contributed by atoms with Gasteiger partial charge in [0, 0.05) is 18.4 Å². The molecule has 2 amide bonds. The zero-order valence-electron chi connectivity index (χ0n) is 11.9. The Balaban J connectivity index is 2.27. The summed E-state index contributed by atoms with van der Waals surface area (Å²) in [6.45, 7) is 5.88. The number of nitrogens with one attached hydrogen (secondary N) is 1. The van der Waals surface area contributed by atoms with Crippen molar-refractivity contribution in [2.45, 2.75) is 39.3 Å². The van der Waals surface area contributed by atoms with Crippen molar-refractivity contribution in [1.29, 1.82) is 0 Å². The number of hydrogen-bond donors (Lipinski definition) is 1. The number of sulfone groups is 1. The molecule has 2 heterocycles. The Morgan fingerprint density at radius 3 is 2.45 bits per heavy atom. The molecule has 0 radical (unpaired) electrons. The highest BCUT2D eigenvalue weighted by Crippen LogP contribution is 2.25. The van der Waals surface area contributed by atoms with Crippen LogP contribution in [0.1, 0.15) is 27.2 Å². The molecule has 0 aromatic rings. The second kappa shape index (κ2) is 4.87. The lowest BCUT2D eigenvalue weighted by molar-refractivity contribution is -0.137. The summed E-state index contributed by atoms with van der Waals surface area (Å²) in [6, 6.07) is -1.10. The number of carbonyl (C=O) groups is 2. The predicted octanol–water partition coefficient (Wildman–Crippen LogP) is 0.0603. The summed E-state index contributed by atoms with van der Waals surface area (Å²) < 4.78 is 23.0. The Morgan fingerprint density at radius 1 is 1.30 bits per heavy atom. The number of carbonyl (C=O) groups excluding carboxylic acids is 2. The SMILES string of the molecule is CC(C)(C)C1NC(=O)CCN(C2C=CS(=O)(=O)C2)C1=O. The Hall–Kier alpha value is -1.37. The maximum atomic E-state index is 12.6. The van der Waals surface area contributed by atoms with Gasteiger partial charge in [-0.1, -0.05) is 20.8 Å². The summed E-state index contributed by atoms with van der Waals surface area (Å²) in [5, 5.41) is 3.89. The molecule has 0 aromatic carbocycles. The van der Waals surface area contributed by atoms with Gasteiger partial charge in [0.05, 0.1) is 11.8 Å². The van der Waals surface area contributed by atoms with Crippen LogP contribution in [0, 0.1) is 5.41 Å². The molecule has 112 valence electrons. The highest BCUT2D eigenvalue weighted by Gasteiger charge is 2.41. The van der Waals surface area contributed by atoms with Crippen LogP contribution in [0.5, 0.6) is 0 Å². The van der Waals surface area contributed by atoms with Crippen molar-refractivity contribution in [2.75, 3.05) is 12.3 Å². The molecule has 2 unspecified atom stereocenters. The van der Waals surface area contributed by atoms with Gasteiger partial charge in [-0.05, 0) is 11.5 Å². The van der Waals surface area contributed by atoms with Crippen LogP contribution in [0.25, 0.3) is 0 Å². The molecule has 2 rings (SSSR count). The van der Waals surface area contributed by atoms with Crippen molar-refractivity contribution < 1.29 is 18.0 Å². The van der Waals surface area contributed by atoms with Crippen LogP contribution in [0.15, 0.2) is 11.5 Å². The first kappa shape index (κ1) is 15.0. The van der Waals surface area contributed by atoms with E-state index in [0.717, 1.165) is 5.41 Å². The van der Waals surface area contributed by atoms with E-state index in [0.29, 0.717) is 0 Å². The van der Waals surface area contributed by atoms with Crippen LogP contribution in [0.4, 0.5) is 0 Å². The van der Waals surface area contributed by atoms with Gasteiger partial charge in [-0.15, -0.1) is 0 Å². The quantitative estimate of drug-likeness (QED) is 0.742. The van der Waals surface area contributed by atoms with Gasteiger partial charge in [0.15, 0.2) is 9.84 Å². The Labute approximate surface area is 119 Å². The van der Waals surface area contributed by atoms with Crippen molar-refractivity contribution in [3.05, 3.63) is 11.5 Å². The lowest BCUT2D eigenvalue weighted by atomic mass is 9.85.